The van der Waals surface area contributed by atoms with Crippen LogP contribution in [0.1, 0.15) is 44.0 Å². The lowest BCUT2D eigenvalue weighted by Crippen LogP contribution is -2.50. The summed E-state index contributed by atoms with van der Waals surface area (Å²) in [5.74, 6) is 1.06. The van der Waals surface area contributed by atoms with E-state index in [9.17, 15) is 13.2 Å². The molecule has 0 aliphatic carbocycles. The van der Waals surface area contributed by atoms with Gasteiger partial charge in [0.1, 0.15) is 6.04 Å². The third-order valence-corrected chi connectivity index (χ3v) is 6.37. The first-order chi connectivity index (χ1) is 17.7. The summed E-state index contributed by atoms with van der Waals surface area (Å²) in [6.07, 6.45) is 4.24. The molecule has 0 amide bonds. The standard InChI is InChI=1S/C19H26N8O3.C2HF3O2/c1-2-3-5-19(23-24-19)6-7-20-16(15-9-18(30-22-15)12-29-13-18)17-21-25-26-27(17)10-14-4-8-28-11-14;3-2(4,5)1(6)7/h1,14,16,20H,3-13H2;(H,6,7). The molecular weight excluding hydrogens is 501 g/mol. The highest BCUT2D eigenvalue weighted by Crippen LogP contribution is 2.37. The maximum absolute atomic E-state index is 10.6. The Morgan fingerprint density at radius 1 is 1.30 bits per heavy atom. The quantitative estimate of drug-likeness (QED) is 0.429. The van der Waals surface area contributed by atoms with Crippen molar-refractivity contribution in [3.8, 4) is 12.3 Å². The number of rotatable bonds is 10. The number of hydrogen-bond acceptors (Lipinski definition) is 11. The monoisotopic (exact) mass is 528 g/mol. The van der Waals surface area contributed by atoms with Crippen molar-refractivity contribution in [2.75, 3.05) is 33.0 Å². The van der Waals surface area contributed by atoms with Crippen LogP contribution in [0, 0.1) is 18.3 Å². The van der Waals surface area contributed by atoms with Crippen LogP contribution in [0.25, 0.3) is 0 Å². The van der Waals surface area contributed by atoms with Crippen LogP contribution in [0.4, 0.5) is 13.2 Å². The summed E-state index contributed by atoms with van der Waals surface area (Å²) in [6, 6.07) is -0.245. The molecule has 2 unspecified atom stereocenters. The molecule has 2 atom stereocenters. The van der Waals surface area contributed by atoms with Gasteiger partial charge in [-0.25, -0.2) is 9.48 Å². The summed E-state index contributed by atoms with van der Waals surface area (Å²) in [7, 11) is 0. The van der Waals surface area contributed by atoms with Crippen molar-refractivity contribution >= 4 is 11.7 Å². The molecule has 16 heteroatoms. The average molecular weight is 528 g/mol. The van der Waals surface area contributed by atoms with Crippen molar-refractivity contribution in [3.63, 3.8) is 0 Å². The predicted octanol–water partition coefficient (Wildman–Crippen LogP) is 1.48. The van der Waals surface area contributed by atoms with Crippen molar-refractivity contribution in [1.29, 1.82) is 0 Å². The summed E-state index contributed by atoms with van der Waals surface area (Å²) in [4.78, 5) is 14.6. The summed E-state index contributed by atoms with van der Waals surface area (Å²) in [6.45, 7) is 4.06. The fourth-order valence-corrected chi connectivity index (χ4v) is 4.15. The second-order valence-corrected chi connectivity index (χ2v) is 9.30. The van der Waals surface area contributed by atoms with Crippen LogP contribution < -0.4 is 5.32 Å². The molecule has 1 aromatic rings. The number of carbonyl (C=O) groups is 1. The van der Waals surface area contributed by atoms with Gasteiger partial charge in [0, 0.05) is 51.3 Å². The average Bonchev–Trinajstić information content (AvgIpc) is 3.25. The van der Waals surface area contributed by atoms with Crippen LogP contribution >= 0.6 is 0 Å². The molecule has 1 aromatic heterocycles. The Balaban J connectivity index is 0.000000405. The Bertz CT molecular complexity index is 1050. The number of hydrogen-bond donors (Lipinski definition) is 2. The SMILES string of the molecule is C#CCCC1(CCNC(C2=NOC3(COC3)C2)c2nnnn2CC2CCOC2)N=N1.O=C(O)C(F)(F)F. The van der Waals surface area contributed by atoms with Gasteiger partial charge in [-0.3, -0.25) is 0 Å². The predicted molar refractivity (Wildman–Crippen MR) is 118 cm³/mol. The fourth-order valence-electron chi connectivity index (χ4n) is 4.15. The molecule has 2 fully saturated rings. The van der Waals surface area contributed by atoms with Crippen molar-refractivity contribution in [1.82, 2.24) is 25.5 Å². The number of alkyl halides is 3. The molecule has 2 saturated heterocycles. The molecule has 1 spiro atoms. The lowest BCUT2D eigenvalue weighted by Gasteiger charge is -2.34. The highest BCUT2D eigenvalue weighted by atomic mass is 19.4. The van der Waals surface area contributed by atoms with Crippen LogP contribution in [-0.4, -0.2) is 87.4 Å². The zero-order chi connectivity index (χ0) is 26.5. The van der Waals surface area contributed by atoms with E-state index in [2.05, 4.69) is 42.1 Å². The third-order valence-electron chi connectivity index (χ3n) is 6.37. The summed E-state index contributed by atoms with van der Waals surface area (Å²) in [5.41, 5.74) is 0.218. The van der Waals surface area contributed by atoms with Crippen molar-refractivity contribution < 1.29 is 37.4 Å². The fraction of sp³-hybridized carbons (Fsp3) is 0.762. The van der Waals surface area contributed by atoms with Gasteiger partial charge in [0.2, 0.25) is 0 Å². The first-order valence-corrected chi connectivity index (χ1v) is 11.7. The van der Waals surface area contributed by atoms with Gasteiger partial charge in [-0.2, -0.15) is 23.4 Å². The molecule has 0 radical (unpaired) electrons. The number of nitrogens with zero attached hydrogens (tertiary/aromatic N) is 7. The minimum atomic E-state index is -5.08. The van der Waals surface area contributed by atoms with Gasteiger partial charge in [-0.1, -0.05) is 5.16 Å². The number of nitrogens with one attached hydrogen (secondary N) is 1. The van der Waals surface area contributed by atoms with E-state index in [0.717, 1.165) is 50.6 Å². The molecule has 13 nitrogen and oxygen atoms in total. The smallest absolute Gasteiger partial charge is 0.475 e. The van der Waals surface area contributed by atoms with E-state index < -0.39 is 12.1 Å². The topological polar surface area (TPSA) is 158 Å². The molecule has 4 aliphatic rings. The number of tetrazole rings is 1. The van der Waals surface area contributed by atoms with Gasteiger partial charge in [0.15, 0.2) is 17.1 Å². The van der Waals surface area contributed by atoms with Gasteiger partial charge < -0.3 is 24.7 Å². The Kier molecular flexibility index (Phi) is 8.05. The van der Waals surface area contributed by atoms with Gasteiger partial charge in [0.25, 0.3) is 0 Å². The second kappa shape index (κ2) is 11.1. The second-order valence-electron chi connectivity index (χ2n) is 9.30. The zero-order valence-electron chi connectivity index (χ0n) is 19.9. The van der Waals surface area contributed by atoms with E-state index in [1.165, 1.54) is 0 Å². The van der Waals surface area contributed by atoms with Crippen LogP contribution in [0.15, 0.2) is 15.4 Å². The largest absolute Gasteiger partial charge is 0.490 e. The highest BCUT2D eigenvalue weighted by molar-refractivity contribution is 5.91. The molecular formula is C21H27F3N8O5. The maximum Gasteiger partial charge on any atom is 0.490 e. The van der Waals surface area contributed by atoms with Crippen molar-refractivity contribution in [2.24, 2.45) is 21.3 Å². The molecule has 0 bridgehead atoms. The number of carboxylic acids is 1. The highest BCUT2D eigenvalue weighted by Gasteiger charge is 2.49. The van der Waals surface area contributed by atoms with Gasteiger partial charge >= 0.3 is 12.1 Å². The van der Waals surface area contributed by atoms with Gasteiger partial charge in [0.05, 0.1) is 25.5 Å². The third kappa shape index (κ3) is 6.79. The van der Waals surface area contributed by atoms with Crippen LogP contribution in [0.5, 0.6) is 0 Å². The lowest BCUT2D eigenvalue weighted by atomic mass is 9.92. The van der Waals surface area contributed by atoms with E-state index >= 15 is 0 Å². The van der Waals surface area contributed by atoms with Crippen LogP contribution in [0.3, 0.4) is 0 Å². The van der Waals surface area contributed by atoms with Crippen LogP contribution in [0.2, 0.25) is 0 Å². The number of oxime groups is 1. The molecule has 37 heavy (non-hydrogen) atoms. The minimum Gasteiger partial charge on any atom is -0.475 e. The summed E-state index contributed by atoms with van der Waals surface area (Å²) >= 11 is 0. The molecule has 0 saturated carbocycles. The number of terminal acetylenes is 1. The number of halogens is 3. The van der Waals surface area contributed by atoms with E-state index in [1.54, 1.807) is 0 Å². The van der Waals surface area contributed by atoms with Crippen LogP contribution in [-0.2, 0) is 25.7 Å². The van der Waals surface area contributed by atoms with Gasteiger partial charge in [-0.15, -0.1) is 17.4 Å². The lowest BCUT2D eigenvalue weighted by molar-refractivity contribution is -0.194. The first-order valence-electron chi connectivity index (χ1n) is 11.7. The Morgan fingerprint density at radius 2 is 2.05 bits per heavy atom. The molecule has 202 valence electrons. The first kappa shape index (κ1) is 26.9. The van der Waals surface area contributed by atoms with E-state index in [0.29, 0.717) is 38.5 Å². The normalized spacial score (nSPS) is 23.3. The molecule has 0 aromatic carbocycles. The van der Waals surface area contributed by atoms with Gasteiger partial charge in [-0.05, 0) is 16.8 Å². The maximum atomic E-state index is 10.6. The Labute approximate surface area is 209 Å². The molecule has 5 rings (SSSR count). The number of carboxylic acid groups (broad SMARTS) is 1. The molecule has 2 N–H and O–H groups in total. The Hall–Kier alpha value is -3.16. The zero-order valence-corrected chi connectivity index (χ0v) is 19.9. The Morgan fingerprint density at radius 3 is 2.59 bits per heavy atom. The number of ether oxygens (including phenoxy) is 2. The number of aliphatic carboxylic acids is 1. The molecule has 4 aliphatic heterocycles. The van der Waals surface area contributed by atoms with Crippen molar-refractivity contribution in [2.45, 2.75) is 62.1 Å². The van der Waals surface area contributed by atoms with E-state index in [1.807, 2.05) is 4.68 Å². The van der Waals surface area contributed by atoms with Crippen molar-refractivity contribution in [3.05, 3.63) is 5.82 Å². The van der Waals surface area contributed by atoms with E-state index in [4.69, 9.17) is 30.6 Å². The number of aromatic nitrogens is 4. The molecule has 5 heterocycles. The summed E-state index contributed by atoms with van der Waals surface area (Å²) in [5, 5.41) is 36.0. The van der Waals surface area contributed by atoms with E-state index in [-0.39, 0.29) is 17.3 Å². The minimum absolute atomic E-state index is 0.245. The summed E-state index contributed by atoms with van der Waals surface area (Å²) < 4.78 is 44.4.